The van der Waals surface area contributed by atoms with Gasteiger partial charge in [-0.05, 0) is 59.7 Å². The maximum absolute atomic E-state index is 13.0. The third kappa shape index (κ3) is 5.38. The molecule has 0 saturated carbocycles. The van der Waals surface area contributed by atoms with Crippen molar-refractivity contribution in [2.45, 2.75) is 57.5 Å². The first-order chi connectivity index (χ1) is 14.6. The monoisotopic (exact) mass is 451 g/mol. The summed E-state index contributed by atoms with van der Waals surface area (Å²) in [6, 6.07) is 3.19. The van der Waals surface area contributed by atoms with Gasteiger partial charge in [-0.3, -0.25) is 4.79 Å². The number of nitrogens with zero attached hydrogens (tertiary/aromatic N) is 5. The highest BCUT2D eigenvalue weighted by atomic mass is 32.2. The van der Waals surface area contributed by atoms with Gasteiger partial charge >= 0.3 is 0 Å². The van der Waals surface area contributed by atoms with Gasteiger partial charge in [0.05, 0.1) is 0 Å². The molecule has 2 aliphatic heterocycles. The summed E-state index contributed by atoms with van der Waals surface area (Å²) in [6.07, 6.45) is 3.08. The van der Waals surface area contributed by atoms with Crippen LogP contribution < -0.4 is 4.90 Å². The van der Waals surface area contributed by atoms with E-state index in [1.807, 2.05) is 32.6 Å². The van der Waals surface area contributed by atoms with E-state index in [1.165, 1.54) is 10.5 Å². The van der Waals surface area contributed by atoms with Crippen LogP contribution in [0.2, 0.25) is 0 Å². The second-order valence-electron chi connectivity index (χ2n) is 9.26. The summed E-state index contributed by atoms with van der Waals surface area (Å²) in [5.74, 6) is 1.12. The quantitative estimate of drug-likeness (QED) is 0.657. The summed E-state index contributed by atoms with van der Waals surface area (Å²) in [5.41, 5.74) is 0. The van der Waals surface area contributed by atoms with Crippen molar-refractivity contribution in [1.82, 2.24) is 19.1 Å². The highest BCUT2D eigenvalue weighted by Gasteiger charge is 2.32. The van der Waals surface area contributed by atoms with Crippen LogP contribution >= 0.6 is 0 Å². The van der Waals surface area contributed by atoms with Gasteiger partial charge in [-0.25, -0.2) is 13.4 Å². The number of carbonyl (C=O) groups is 1. The van der Waals surface area contributed by atoms with E-state index in [2.05, 4.69) is 21.8 Å². The maximum atomic E-state index is 13.0. The number of likely N-dealkylation sites (N-methyl/N-ethyl adjacent to an activating group) is 1. The fourth-order valence-corrected chi connectivity index (χ4v) is 6.41. The van der Waals surface area contributed by atoms with Crippen LogP contribution in [0.4, 0.5) is 5.82 Å². The minimum atomic E-state index is -3.58. The molecule has 3 heterocycles. The Balaban J connectivity index is 1.61. The van der Waals surface area contributed by atoms with E-state index < -0.39 is 10.0 Å². The number of aromatic nitrogens is 1. The highest BCUT2D eigenvalue weighted by Crippen LogP contribution is 2.26. The molecular weight excluding hydrogens is 414 g/mol. The molecule has 1 aromatic heterocycles. The molecule has 2 aliphatic rings. The molecule has 2 fully saturated rings. The molecule has 0 N–H and O–H groups in total. The second-order valence-corrected chi connectivity index (χ2v) is 11.1. The van der Waals surface area contributed by atoms with Crippen LogP contribution in [0.15, 0.2) is 23.2 Å². The Kier molecular flexibility index (Phi) is 7.59. The number of rotatable bonds is 6. The summed E-state index contributed by atoms with van der Waals surface area (Å²) in [4.78, 5) is 23.9. The predicted molar refractivity (Wildman–Crippen MR) is 123 cm³/mol. The normalized spacial score (nSPS) is 19.6. The van der Waals surface area contributed by atoms with Gasteiger partial charge in [0.2, 0.25) is 15.9 Å². The molecular formula is C22H37N5O3S. The summed E-state index contributed by atoms with van der Waals surface area (Å²) in [7, 11) is -1.49. The molecule has 0 spiro atoms. The third-order valence-corrected chi connectivity index (χ3v) is 8.53. The van der Waals surface area contributed by atoms with Gasteiger partial charge in [0.1, 0.15) is 10.7 Å². The SMILES string of the molecule is CC(C)N(C(C)C)S(=O)(=O)c1ccc(N2CCC(C(=O)N3CCN(C)CC3)CC2)nc1. The highest BCUT2D eigenvalue weighted by molar-refractivity contribution is 7.89. The number of hydrogen-bond donors (Lipinski definition) is 0. The van der Waals surface area contributed by atoms with Gasteiger partial charge in [-0.2, -0.15) is 4.31 Å². The van der Waals surface area contributed by atoms with Crippen LogP contribution in [0.5, 0.6) is 0 Å². The van der Waals surface area contributed by atoms with E-state index in [9.17, 15) is 13.2 Å². The van der Waals surface area contributed by atoms with Crippen molar-refractivity contribution >= 4 is 21.7 Å². The summed E-state index contributed by atoms with van der Waals surface area (Å²) in [5, 5.41) is 0. The van der Waals surface area contributed by atoms with Crippen molar-refractivity contribution in [3.05, 3.63) is 18.3 Å². The number of piperazine rings is 1. The second kappa shape index (κ2) is 9.83. The summed E-state index contributed by atoms with van der Waals surface area (Å²) < 4.78 is 27.6. The van der Waals surface area contributed by atoms with Gasteiger partial charge in [-0.15, -0.1) is 0 Å². The number of pyridine rings is 1. The lowest BCUT2D eigenvalue weighted by Gasteiger charge is -2.38. The van der Waals surface area contributed by atoms with E-state index in [0.717, 1.165) is 57.9 Å². The molecule has 8 nitrogen and oxygen atoms in total. The van der Waals surface area contributed by atoms with Crippen LogP contribution in [-0.4, -0.2) is 91.8 Å². The minimum absolute atomic E-state index is 0.0740. The largest absolute Gasteiger partial charge is 0.357 e. The zero-order chi connectivity index (χ0) is 22.8. The van der Waals surface area contributed by atoms with Crippen LogP contribution in [0.25, 0.3) is 0 Å². The summed E-state index contributed by atoms with van der Waals surface area (Å²) >= 11 is 0. The molecule has 0 radical (unpaired) electrons. The van der Waals surface area contributed by atoms with Gasteiger partial charge in [-0.1, -0.05) is 0 Å². The number of hydrogen-bond acceptors (Lipinski definition) is 6. The molecule has 2 saturated heterocycles. The first-order valence-corrected chi connectivity index (χ1v) is 12.8. The fourth-order valence-electron chi connectivity index (χ4n) is 4.63. The molecule has 3 rings (SSSR count). The Bertz CT molecular complexity index is 832. The minimum Gasteiger partial charge on any atom is -0.357 e. The van der Waals surface area contributed by atoms with E-state index in [-0.39, 0.29) is 28.8 Å². The number of piperidine rings is 1. The van der Waals surface area contributed by atoms with Gasteiger partial charge < -0.3 is 14.7 Å². The zero-order valence-electron chi connectivity index (χ0n) is 19.5. The molecule has 1 aromatic rings. The first kappa shape index (κ1) is 23.9. The van der Waals surface area contributed by atoms with Gasteiger partial charge in [0.15, 0.2) is 0 Å². The van der Waals surface area contributed by atoms with Crippen molar-refractivity contribution in [2.24, 2.45) is 5.92 Å². The van der Waals surface area contributed by atoms with E-state index in [1.54, 1.807) is 12.1 Å². The van der Waals surface area contributed by atoms with Gasteiger partial charge in [0.25, 0.3) is 0 Å². The Labute approximate surface area is 187 Å². The molecule has 0 aromatic carbocycles. The first-order valence-electron chi connectivity index (χ1n) is 11.3. The number of carbonyl (C=O) groups excluding carboxylic acids is 1. The van der Waals surface area contributed by atoms with Crippen LogP contribution in [0.3, 0.4) is 0 Å². The topological polar surface area (TPSA) is 77.1 Å². The van der Waals surface area contributed by atoms with Crippen molar-refractivity contribution < 1.29 is 13.2 Å². The lowest BCUT2D eigenvalue weighted by Crippen LogP contribution is -2.50. The maximum Gasteiger partial charge on any atom is 0.245 e. The van der Waals surface area contributed by atoms with Crippen LogP contribution in [0.1, 0.15) is 40.5 Å². The Morgan fingerprint density at radius 3 is 2.06 bits per heavy atom. The zero-order valence-corrected chi connectivity index (χ0v) is 20.3. The van der Waals surface area contributed by atoms with Crippen LogP contribution in [0, 0.1) is 5.92 Å². The standard InChI is InChI=1S/C22H37N5O3S/c1-17(2)27(18(3)4)31(29,30)20-6-7-21(23-16-20)25-10-8-19(9-11-25)22(28)26-14-12-24(5)13-15-26/h6-7,16-19H,8-15H2,1-5H3. The third-order valence-electron chi connectivity index (χ3n) is 6.30. The molecule has 174 valence electrons. The number of anilines is 1. The smallest absolute Gasteiger partial charge is 0.245 e. The Morgan fingerprint density at radius 1 is 1.00 bits per heavy atom. The van der Waals surface area contributed by atoms with Crippen LogP contribution in [-0.2, 0) is 14.8 Å². The molecule has 31 heavy (non-hydrogen) atoms. The van der Waals surface area contributed by atoms with Crippen molar-refractivity contribution in [3.8, 4) is 0 Å². The van der Waals surface area contributed by atoms with E-state index in [4.69, 9.17) is 0 Å². The Morgan fingerprint density at radius 2 is 1.58 bits per heavy atom. The number of amides is 1. The molecule has 0 bridgehead atoms. The molecule has 0 atom stereocenters. The summed E-state index contributed by atoms with van der Waals surface area (Å²) in [6.45, 7) is 12.6. The lowest BCUT2D eigenvalue weighted by molar-refractivity contribution is -0.137. The fraction of sp³-hybridized carbons (Fsp3) is 0.727. The van der Waals surface area contributed by atoms with Crippen molar-refractivity contribution in [2.75, 3.05) is 51.2 Å². The molecule has 9 heteroatoms. The Hall–Kier alpha value is -1.71. The molecule has 1 amide bonds. The average Bonchev–Trinajstić information content (AvgIpc) is 2.73. The van der Waals surface area contributed by atoms with E-state index >= 15 is 0 Å². The lowest BCUT2D eigenvalue weighted by atomic mass is 9.95. The van der Waals surface area contributed by atoms with Crippen molar-refractivity contribution in [3.63, 3.8) is 0 Å². The molecule has 0 unspecified atom stereocenters. The average molecular weight is 452 g/mol. The van der Waals surface area contributed by atoms with E-state index in [0.29, 0.717) is 0 Å². The predicted octanol–water partition coefficient (Wildman–Crippen LogP) is 1.88. The number of sulfonamides is 1. The van der Waals surface area contributed by atoms with Gasteiger partial charge in [0, 0.05) is 63.5 Å². The molecule has 0 aliphatic carbocycles. The van der Waals surface area contributed by atoms with Crippen molar-refractivity contribution in [1.29, 1.82) is 0 Å².